The maximum atomic E-state index is 12.6. The first-order valence-corrected chi connectivity index (χ1v) is 7.09. The number of aromatic nitrogens is 1. The number of hydrogen-bond donors (Lipinski definition) is 2. The molecule has 1 heterocycles. The molecule has 1 amide bonds. The fourth-order valence-electron chi connectivity index (χ4n) is 3.09. The van der Waals surface area contributed by atoms with E-state index in [2.05, 4.69) is 4.98 Å². The molecule has 1 saturated carbocycles. The van der Waals surface area contributed by atoms with Crippen molar-refractivity contribution < 1.29 is 19.8 Å². The van der Waals surface area contributed by atoms with Crippen LogP contribution >= 0.6 is 0 Å². The van der Waals surface area contributed by atoms with E-state index in [-0.39, 0.29) is 23.6 Å². The smallest absolute Gasteiger partial charge is 0.305 e. The number of carbonyl (C=O) groups excluding carboxylic acids is 1. The number of aliphatic carboxylic acids is 1. The van der Waals surface area contributed by atoms with Crippen molar-refractivity contribution in [2.75, 3.05) is 7.05 Å². The Kier molecular flexibility index (Phi) is 4.45. The summed E-state index contributed by atoms with van der Waals surface area (Å²) in [6.45, 7) is 0. The molecule has 0 atom stereocenters. The summed E-state index contributed by atoms with van der Waals surface area (Å²) < 4.78 is 0. The lowest BCUT2D eigenvalue weighted by atomic mass is 9.78. The predicted molar refractivity (Wildman–Crippen MR) is 76.1 cm³/mol. The Balaban J connectivity index is 2.29. The lowest BCUT2D eigenvalue weighted by Gasteiger charge is -2.44. The molecule has 6 nitrogen and oxygen atoms in total. The van der Waals surface area contributed by atoms with Crippen LogP contribution in [0.5, 0.6) is 5.75 Å². The molecule has 0 aromatic carbocycles. The second-order valence-corrected chi connectivity index (χ2v) is 5.61. The van der Waals surface area contributed by atoms with Crippen LogP contribution in [0.2, 0.25) is 0 Å². The zero-order valence-electron chi connectivity index (χ0n) is 12.1. The van der Waals surface area contributed by atoms with Gasteiger partial charge in [0.05, 0.1) is 23.7 Å². The van der Waals surface area contributed by atoms with Crippen molar-refractivity contribution in [1.82, 2.24) is 9.88 Å². The number of hydrogen-bond acceptors (Lipinski definition) is 4. The van der Waals surface area contributed by atoms with Gasteiger partial charge in [-0.15, -0.1) is 0 Å². The molecule has 0 saturated heterocycles. The van der Waals surface area contributed by atoms with Gasteiger partial charge < -0.3 is 15.1 Å². The minimum Gasteiger partial charge on any atom is -0.505 e. The van der Waals surface area contributed by atoms with Gasteiger partial charge in [-0.1, -0.05) is 19.3 Å². The first-order chi connectivity index (χ1) is 9.96. The van der Waals surface area contributed by atoms with Gasteiger partial charge in [-0.25, -0.2) is 0 Å². The molecule has 0 unspecified atom stereocenters. The Labute approximate surface area is 123 Å². The van der Waals surface area contributed by atoms with E-state index < -0.39 is 11.5 Å². The number of carboxylic acid groups (broad SMARTS) is 1. The van der Waals surface area contributed by atoms with Gasteiger partial charge in [-0.05, 0) is 18.9 Å². The Morgan fingerprint density at radius 2 is 2.00 bits per heavy atom. The summed E-state index contributed by atoms with van der Waals surface area (Å²) >= 11 is 0. The Morgan fingerprint density at radius 3 is 2.57 bits per heavy atom. The zero-order chi connectivity index (χ0) is 15.5. The van der Waals surface area contributed by atoms with E-state index in [0.29, 0.717) is 12.8 Å². The molecule has 6 heteroatoms. The standard InChI is InChI=1S/C15H20N2O4/c1-17(14(21)11-5-8-16-10-12(11)18)15(9-13(19)20)6-3-2-4-7-15/h5,8,10,18H,2-4,6-7,9H2,1H3,(H,19,20). The number of amides is 1. The van der Waals surface area contributed by atoms with E-state index in [9.17, 15) is 19.8 Å². The highest BCUT2D eigenvalue weighted by Crippen LogP contribution is 2.37. The van der Waals surface area contributed by atoms with Crippen molar-refractivity contribution in [1.29, 1.82) is 0 Å². The van der Waals surface area contributed by atoms with Gasteiger partial charge in [0, 0.05) is 13.2 Å². The highest BCUT2D eigenvalue weighted by molar-refractivity contribution is 5.97. The zero-order valence-corrected chi connectivity index (χ0v) is 12.1. The van der Waals surface area contributed by atoms with Gasteiger partial charge in [-0.2, -0.15) is 0 Å². The molecular weight excluding hydrogens is 272 g/mol. The topological polar surface area (TPSA) is 90.7 Å². The van der Waals surface area contributed by atoms with Crippen LogP contribution in [0.15, 0.2) is 18.5 Å². The lowest BCUT2D eigenvalue weighted by Crippen LogP contribution is -2.52. The normalized spacial score (nSPS) is 17.2. The van der Waals surface area contributed by atoms with Crippen LogP contribution in [0.3, 0.4) is 0 Å². The lowest BCUT2D eigenvalue weighted by molar-refractivity contribution is -0.140. The molecule has 1 aliphatic carbocycles. The van der Waals surface area contributed by atoms with Crippen LogP contribution in [0.25, 0.3) is 0 Å². The van der Waals surface area contributed by atoms with Crippen molar-refractivity contribution >= 4 is 11.9 Å². The van der Waals surface area contributed by atoms with Crippen molar-refractivity contribution in [2.45, 2.75) is 44.1 Å². The molecule has 1 fully saturated rings. The SMILES string of the molecule is CN(C(=O)c1ccncc1O)C1(CC(=O)O)CCCCC1. The average molecular weight is 292 g/mol. The Hall–Kier alpha value is -2.11. The van der Waals surface area contributed by atoms with Crippen LogP contribution in [0, 0.1) is 0 Å². The molecule has 1 aromatic rings. The molecular formula is C15H20N2O4. The molecule has 0 bridgehead atoms. The van der Waals surface area contributed by atoms with Gasteiger partial charge in [0.1, 0.15) is 5.75 Å². The average Bonchev–Trinajstić information content (AvgIpc) is 2.46. The quantitative estimate of drug-likeness (QED) is 0.886. The van der Waals surface area contributed by atoms with Crippen LogP contribution in [0.4, 0.5) is 0 Å². The summed E-state index contributed by atoms with van der Waals surface area (Å²) in [5.74, 6) is -1.45. The molecule has 0 aliphatic heterocycles. The maximum Gasteiger partial charge on any atom is 0.305 e. The van der Waals surface area contributed by atoms with Crippen LogP contribution in [-0.4, -0.2) is 44.6 Å². The number of pyridine rings is 1. The summed E-state index contributed by atoms with van der Waals surface area (Å²) in [6.07, 6.45) is 6.81. The van der Waals surface area contributed by atoms with Gasteiger partial charge in [0.25, 0.3) is 5.91 Å². The molecule has 21 heavy (non-hydrogen) atoms. The van der Waals surface area contributed by atoms with Crippen LogP contribution < -0.4 is 0 Å². The van der Waals surface area contributed by atoms with Gasteiger partial charge in [0.2, 0.25) is 0 Å². The highest BCUT2D eigenvalue weighted by atomic mass is 16.4. The van der Waals surface area contributed by atoms with Gasteiger partial charge in [0.15, 0.2) is 0 Å². The van der Waals surface area contributed by atoms with Crippen LogP contribution in [-0.2, 0) is 4.79 Å². The number of nitrogens with zero attached hydrogens (tertiary/aromatic N) is 2. The molecule has 2 rings (SSSR count). The highest BCUT2D eigenvalue weighted by Gasteiger charge is 2.41. The summed E-state index contributed by atoms with van der Waals surface area (Å²) in [4.78, 5) is 29.0. The van der Waals surface area contributed by atoms with E-state index in [4.69, 9.17) is 0 Å². The summed E-state index contributed by atoms with van der Waals surface area (Å²) in [5.41, 5.74) is -0.514. The first kappa shape index (κ1) is 15.3. The first-order valence-electron chi connectivity index (χ1n) is 7.09. The fraction of sp³-hybridized carbons (Fsp3) is 0.533. The van der Waals surface area contributed by atoms with E-state index in [1.165, 1.54) is 23.4 Å². The Bertz CT molecular complexity index is 538. The Morgan fingerprint density at radius 1 is 1.33 bits per heavy atom. The predicted octanol–water partition coefficient (Wildman–Crippen LogP) is 2.04. The summed E-state index contributed by atoms with van der Waals surface area (Å²) in [7, 11) is 1.62. The third-order valence-corrected chi connectivity index (χ3v) is 4.31. The minimum absolute atomic E-state index is 0.0684. The third kappa shape index (κ3) is 3.15. The third-order valence-electron chi connectivity index (χ3n) is 4.31. The van der Waals surface area contributed by atoms with E-state index >= 15 is 0 Å². The monoisotopic (exact) mass is 292 g/mol. The number of aromatic hydroxyl groups is 1. The van der Waals surface area contributed by atoms with Gasteiger partial charge in [-0.3, -0.25) is 14.6 Å². The number of rotatable bonds is 4. The van der Waals surface area contributed by atoms with E-state index in [1.807, 2.05) is 0 Å². The van der Waals surface area contributed by atoms with Gasteiger partial charge >= 0.3 is 5.97 Å². The van der Waals surface area contributed by atoms with Crippen LogP contribution in [0.1, 0.15) is 48.9 Å². The molecule has 114 valence electrons. The summed E-state index contributed by atoms with van der Waals surface area (Å²) in [6, 6.07) is 1.45. The molecule has 2 N–H and O–H groups in total. The fourth-order valence-corrected chi connectivity index (χ4v) is 3.09. The van der Waals surface area contributed by atoms with Crippen molar-refractivity contribution in [3.05, 3.63) is 24.0 Å². The summed E-state index contributed by atoms with van der Waals surface area (Å²) in [5, 5.41) is 19.0. The molecule has 1 aliphatic rings. The molecule has 0 radical (unpaired) electrons. The second-order valence-electron chi connectivity index (χ2n) is 5.61. The van der Waals surface area contributed by atoms with E-state index in [0.717, 1.165) is 19.3 Å². The largest absolute Gasteiger partial charge is 0.505 e. The number of carbonyl (C=O) groups is 2. The van der Waals surface area contributed by atoms with E-state index in [1.54, 1.807) is 7.05 Å². The van der Waals surface area contributed by atoms with Crippen molar-refractivity contribution in [3.8, 4) is 5.75 Å². The second kappa shape index (κ2) is 6.11. The molecule has 1 aromatic heterocycles. The van der Waals surface area contributed by atoms with Crippen molar-refractivity contribution in [3.63, 3.8) is 0 Å². The molecule has 0 spiro atoms. The maximum absolute atomic E-state index is 12.6. The number of carboxylic acids is 1. The van der Waals surface area contributed by atoms with Crippen molar-refractivity contribution in [2.24, 2.45) is 0 Å². The minimum atomic E-state index is -0.907.